The summed E-state index contributed by atoms with van der Waals surface area (Å²) in [5.74, 6) is -0.236. The Morgan fingerprint density at radius 1 is 1.50 bits per heavy atom. The van der Waals surface area contributed by atoms with Crippen molar-refractivity contribution < 1.29 is 13.9 Å². The van der Waals surface area contributed by atoms with Crippen LogP contribution in [0.3, 0.4) is 0 Å². The Kier molecular flexibility index (Phi) is 7.38. The van der Waals surface area contributed by atoms with Gasteiger partial charge in [0.25, 0.3) is 0 Å². The van der Waals surface area contributed by atoms with Gasteiger partial charge in [0.1, 0.15) is 0 Å². The summed E-state index contributed by atoms with van der Waals surface area (Å²) in [5.41, 5.74) is 0. The lowest BCUT2D eigenvalue weighted by Gasteiger charge is -2.24. The smallest absolute Gasteiger partial charge is 0.320 e. The molecule has 0 aromatic heterocycles. The number of hydrogen-bond donors (Lipinski definition) is 0. The Balaban J connectivity index is 3.89. The molecule has 0 aromatic carbocycles. The summed E-state index contributed by atoms with van der Waals surface area (Å²) < 4.78 is 16.8. The number of hydrogen-bond acceptors (Lipinski definition) is 3. The fourth-order valence-corrected chi connectivity index (χ4v) is 1.16. The van der Waals surface area contributed by atoms with E-state index in [1.165, 1.54) is 0 Å². The molecule has 0 fully saturated rings. The lowest BCUT2D eigenvalue weighted by molar-refractivity contribution is -0.144. The predicted molar refractivity (Wildman–Crippen MR) is 53.9 cm³/mol. The summed E-state index contributed by atoms with van der Waals surface area (Å²) in [6, 6.07) is 0.242. The minimum Gasteiger partial charge on any atom is -0.465 e. The zero-order valence-corrected chi connectivity index (χ0v) is 9.25. The van der Waals surface area contributed by atoms with Crippen molar-refractivity contribution in [1.29, 1.82) is 0 Å². The number of carbonyl (C=O) groups is 1. The van der Waals surface area contributed by atoms with E-state index < -0.39 is 0 Å². The van der Waals surface area contributed by atoms with Crippen LogP contribution in [0, 0.1) is 0 Å². The summed E-state index contributed by atoms with van der Waals surface area (Å²) in [6.07, 6.45) is 0.470. The van der Waals surface area contributed by atoms with Crippen molar-refractivity contribution in [3.05, 3.63) is 0 Å². The molecule has 0 radical (unpaired) electrons. The number of halogens is 1. The predicted octanol–water partition coefficient (Wildman–Crippen LogP) is 1.62. The van der Waals surface area contributed by atoms with Crippen LogP contribution in [0.2, 0.25) is 0 Å². The number of ether oxygens (including phenoxy) is 1. The number of alkyl halides is 1. The van der Waals surface area contributed by atoms with E-state index >= 15 is 0 Å². The topological polar surface area (TPSA) is 29.5 Å². The van der Waals surface area contributed by atoms with Gasteiger partial charge < -0.3 is 4.74 Å². The van der Waals surface area contributed by atoms with Crippen LogP contribution in [-0.2, 0) is 9.53 Å². The van der Waals surface area contributed by atoms with Gasteiger partial charge in [-0.05, 0) is 27.2 Å². The van der Waals surface area contributed by atoms with E-state index in [1.807, 2.05) is 18.7 Å². The highest BCUT2D eigenvalue weighted by Crippen LogP contribution is 2.00. The van der Waals surface area contributed by atoms with Crippen molar-refractivity contribution in [2.24, 2.45) is 0 Å². The van der Waals surface area contributed by atoms with Crippen LogP contribution in [0.1, 0.15) is 27.2 Å². The monoisotopic (exact) mass is 205 g/mol. The van der Waals surface area contributed by atoms with E-state index in [-0.39, 0.29) is 25.2 Å². The van der Waals surface area contributed by atoms with Crippen molar-refractivity contribution in [3.63, 3.8) is 0 Å². The van der Waals surface area contributed by atoms with Crippen LogP contribution in [-0.4, -0.2) is 43.3 Å². The molecule has 0 spiro atoms. The molecule has 0 atom stereocenters. The fraction of sp³-hybridized carbons (Fsp3) is 0.900. The molecule has 0 aromatic rings. The van der Waals surface area contributed by atoms with Crippen LogP contribution in [0.5, 0.6) is 0 Å². The summed E-state index contributed by atoms with van der Waals surface area (Å²) in [5, 5.41) is 0. The molecule has 0 heterocycles. The molecule has 3 nitrogen and oxygen atoms in total. The lowest BCUT2D eigenvalue weighted by Crippen LogP contribution is -2.37. The maximum atomic E-state index is 12.0. The van der Waals surface area contributed by atoms with E-state index in [4.69, 9.17) is 4.74 Å². The number of carbonyl (C=O) groups excluding carboxylic acids is 1. The van der Waals surface area contributed by atoms with Gasteiger partial charge in [-0.3, -0.25) is 14.1 Å². The Morgan fingerprint density at radius 3 is 2.57 bits per heavy atom. The van der Waals surface area contributed by atoms with Crippen molar-refractivity contribution in [1.82, 2.24) is 4.90 Å². The maximum Gasteiger partial charge on any atom is 0.320 e. The van der Waals surface area contributed by atoms with E-state index in [1.54, 1.807) is 6.92 Å². The van der Waals surface area contributed by atoms with Crippen molar-refractivity contribution >= 4 is 5.97 Å². The molecule has 0 amide bonds. The number of nitrogens with zero attached hydrogens (tertiary/aromatic N) is 1. The minimum atomic E-state index is -0.341. The minimum absolute atomic E-state index is 0.236. The molecular formula is C10H20FNO2. The zero-order valence-electron chi connectivity index (χ0n) is 9.25. The molecule has 0 N–H and O–H groups in total. The van der Waals surface area contributed by atoms with E-state index in [9.17, 15) is 9.18 Å². The molecule has 0 aliphatic rings. The number of rotatable bonds is 7. The van der Waals surface area contributed by atoms with Gasteiger partial charge >= 0.3 is 5.97 Å². The molecule has 0 aliphatic heterocycles. The maximum absolute atomic E-state index is 12.0. The second-order valence-electron chi connectivity index (χ2n) is 3.41. The Labute approximate surface area is 85.2 Å². The Bertz CT molecular complexity index is 162. The molecule has 0 aliphatic carbocycles. The fourth-order valence-electron chi connectivity index (χ4n) is 1.16. The first-order valence-corrected chi connectivity index (χ1v) is 5.07. The van der Waals surface area contributed by atoms with Gasteiger partial charge in [-0.25, -0.2) is 0 Å². The van der Waals surface area contributed by atoms with Crippen LogP contribution >= 0.6 is 0 Å². The number of esters is 1. The highest BCUT2D eigenvalue weighted by Gasteiger charge is 2.13. The van der Waals surface area contributed by atoms with Crippen molar-refractivity contribution in [2.75, 3.05) is 26.4 Å². The third kappa shape index (κ3) is 5.91. The molecule has 0 saturated carbocycles. The molecule has 4 heteroatoms. The van der Waals surface area contributed by atoms with Gasteiger partial charge in [0, 0.05) is 12.6 Å². The first-order chi connectivity index (χ1) is 6.61. The highest BCUT2D eigenvalue weighted by atomic mass is 19.1. The first kappa shape index (κ1) is 13.4. The van der Waals surface area contributed by atoms with Gasteiger partial charge in [-0.2, -0.15) is 0 Å². The van der Waals surface area contributed by atoms with Gasteiger partial charge in [0.05, 0.1) is 19.8 Å². The van der Waals surface area contributed by atoms with Gasteiger partial charge in [-0.1, -0.05) is 0 Å². The van der Waals surface area contributed by atoms with E-state index in [2.05, 4.69) is 0 Å². The SMILES string of the molecule is CCOC(=O)CN(CCCF)C(C)C. The first-order valence-electron chi connectivity index (χ1n) is 5.07. The lowest BCUT2D eigenvalue weighted by atomic mass is 10.3. The third-order valence-corrected chi connectivity index (χ3v) is 1.95. The van der Waals surface area contributed by atoms with Crippen LogP contribution in [0.15, 0.2) is 0 Å². The third-order valence-electron chi connectivity index (χ3n) is 1.95. The van der Waals surface area contributed by atoms with Gasteiger partial charge in [0.2, 0.25) is 0 Å². The molecule has 84 valence electrons. The molecule has 0 saturated heterocycles. The van der Waals surface area contributed by atoms with Gasteiger partial charge in [0.15, 0.2) is 0 Å². The molecule has 0 rings (SSSR count). The standard InChI is InChI=1S/C10H20FNO2/c1-4-14-10(13)8-12(9(2)3)7-5-6-11/h9H,4-8H2,1-3H3. The van der Waals surface area contributed by atoms with Crippen molar-refractivity contribution in [2.45, 2.75) is 33.2 Å². The second-order valence-corrected chi connectivity index (χ2v) is 3.41. The Hall–Kier alpha value is -0.640. The molecule has 0 bridgehead atoms. The van der Waals surface area contributed by atoms with Crippen molar-refractivity contribution in [3.8, 4) is 0 Å². The van der Waals surface area contributed by atoms with Gasteiger partial charge in [-0.15, -0.1) is 0 Å². The second kappa shape index (κ2) is 7.74. The average Bonchev–Trinajstić information content (AvgIpc) is 2.12. The largest absolute Gasteiger partial charge is 0.465 e. The average molecular weight is 205 g/mol. The van der Waals surface area contributed by atoms with Crippen LogP contribution < -0.4 is 0 Å². The molecule has 0 unspecified atom stereocenters. The highest BCUT2D eigenvalue weighted by molar-refractivity contribution is 5.71. The zero-order chi connectivity index (χ0) is 11.0. The van der Waals surface area contributed by atoms with Crippen LogP contribution in [0.4, 0.5) is 4.39 Å². The summed E-state index contributed by atoms with van der Waals surface area (Å²) in [4.78, 5) is 13.1. The van der Waals surface area contributed by atoms with E-state index in [0.29, 0.717) is 19.6 Å². The molecule has 14 heavy (non-hydrogen) atoms. The summed E-state index contributed by atoms with van der Waals surface area (Å²) in [6.45, 7) is 6.66. The summed E-state index contributed by atoms with van der Waals surface area (Å²) in [7, 11) is 0. The summed E-state index contributed by atoms with van der Waals surface area (Å²) >= 11 is 0. The quantitative estimate of drug-likeness (QED) is 0.591. The molecular weight excluding hydrogens is 185 g/mol. The normalized spacial score (nSPS) is 11.0. The van der Waals surface area contributed by atoms with Crippen LogP contribution in [0.25, 0.3) is 0 Å². The Morgan fingerprint density at radius 2 is 2.14 bits per heavy atom. The van der Waals surface area contributed by atoms with E-state index in [0.717, 1.165) is 0 Å².